The molecular weight excluding hydrogens is 256 g/mol. The molecule has 1 fully saturated rings. The SMILES string of the molecule is C[CH]CC1C[C@H](NC(=O)OCc2ccccc2)C(=O)N1. The number of carbonyl (C=O) groups excluding carboxylic acids is 2. The third-order valence-corrected chi connectivity index (χ3v) is 3.21. The monoisotopic (exact) mass is 275 g/mol. The number of hydrogen-bond acceptors (Lipinski definition) is 3. The largest absolute Gasteiger partial charge is 0.445 e. The van der Waals surface area contributed by atoms with E-state index >= 15 is 0 Å². The lowest BCUT2D eigenvalue weighted by Gasteiger charge is -2.11. The van der Waals surface area contributed by atoms with Crippen molar-refractivity contribution in [2.75, 3.05) is 0 Å². The first-order chi connectivity index (χ1) is 9.69. The van der Waals surface area contributed by atoms with Crippen molar-refractivity contribution in [3.63, 3.8) is 0 Å². The molecule has 1 aliphatic rings. The average Bonchev–Trinajstić information content (AvgIpc) is 2.78. The topological polar surface area (TPSA) is 67.4 Å². The van der Waals surface area contributed by atoms with E-state index in [1.807, 2.05) is 43.7 Å². The van der Waals surface area contributed by atoms with Crippen LogP contribution in [0.1, 0.15) is 25.3 Å². The zero-order valence-electron chi connectivity index (χ0n) is 11.5. The summed E-state index contributed by atoms with van der Waals surface area (Å²) in [5.74, 6) is -0.145. The minimum Gasteiger partial charge on any atom is -0.445 e. The van der Waals surface area contributed by atoms with Crippen molar-refractivity contribution in [2.24, 2.45) is 0 Å². The van der Waals surface area contributed by atoms with Gasteiger partial charge in [0.1, 0.15) is 12.6 Å². The normalized spacial score (nSPS) is 21.4. The van der Waals surface area contributed by atoms with E-state index in [4.69, 9.17) is 4.74 Å². The lowest BCUT2D eigenvalue weighted by Crippen LogP contribution is -2.40. The molecule has 1 radical (unpaired) electrons. The van der Waals surface area contributed by atoms with Gasteiger partial charge >= 0.3 is 6.09 Å². The highest BCUT2D eigenvalue weighted by Gasteiger charge is 2.32. The Labute approximate surface area is 118 Å². The van der Waals surface area contributed by atoms with Crippen LogP contribution in [0.15, 0.2) is 30.3 Å². The Morgan fingerprint density at radius 3 is 2.90 bits per heavy atom. The van der Waals surface area contributed by atoms with E-state index in [0.717, 1.165) is 12.0 Å². The summed E-state index contributed by atoms with van der Waals surface area (Å²) in [5.41, 5.74) is 0.914. The number of amides is 2. The van der Waals surface area contributed by atoms with E-state index in [2.05, 4.69) is 10.6 Å². The Morgan fingerprint density at radius 1 is 1.45 bits per heavy atom. The molecule has 20 heavy (non-hydrogen) atoms. The van der Waals surface area contributed by atoms with Crippen LogP contribution in [0.3, 0.4) is 0 Å². The number of rotatable bonds is 5. The molecule has 1 heterocycles. The molecule has 1 aliphatic heterocycles. The van der Waals surface area contributed by atoms with Gasteiger partial charge in [-0.3, -0.25) is 4.79 Å². The van der Waals surface area contributed by atoms with Crippen molar-refractivity contribution in [3.8, 4) is 0 Å². The highest BCUT2D eigenvalue weighted by molar-refractivity contribution is 5.87. The summed E-state index contributed by atoms with van der Waals surface area (Å²) in [5, 5.41) is 5.44. The van der Waals surface area contributed by atoms with Crippen LogP contribution in [0.25, 0.3) is 0 Å². The first-order valence-electron chi connectivity index (χ1n) is 6.74. The van der Waals surface area contributed by atoms with Gasteiger partial charge in [-0.1, -0.05) is 37.3 Å². The minimum atomic E-state index is -0.560. The molecule has 107 valence electrons. The van der Waals surface area contributed by atoms with Gasteiger partial charge in [0.25, 0.3) is 0 Å². The maximum Gasteiger partial charge on any atom is 0.408 e. The molecule has 0 aliphatic carbocycles. The van der Waals surface area contributed by atoms with E-state index in [-0.39, 0.29) is 18.6 Å². The van der Waals surface area contributed by atoms with Crippen LogP contribution in [0.5, 0.6) is 0 Å². The molecule has 0 bridgehead atoms. The van der Waals surface area contributed by atoms with E-state index in [0.29, 0.717) is 6.42 Å². The van der Waals surface area contributed by atoms with Crippen molar-refractivity contribution in [3.05, 3.63) is 42.3 Å². The number of ether oxygens (including phenoxy) is 1. The van der Waals surface area contributed by atoms with Gasteiger partial charge < -0.3 is 15.4 Å². The van der Waals surface area contributed by atoms with Crippen molar-refractivity contribution < 1.29 is 14.3 Å². The fraction of sp³-hybridized carbons (Fsp3) is 0.400. The Kier molecular flexibility index (Phi) is 4.98. The molecule has 5 nitrogen and oxygen atoms in total. The predicted molar refractivity (Wildman–Crippen MR) is 74.7 cm³/mol. The average molecular weight is 275 g/mol. The van der Waals surface area contributed by atoms with Crippen LogP contribution in [0.4, 0.5) is 4.79 Å². The third-order valence-electron chi connectivity index (χ3n) is 3.21. The highest BCUT2D eigenvalue weighted by Crippen LogP contribution is 2.12. The second kappa shape index (κ2) is 6.93. The maximum atomic E-state index is 11.7. The fourth-order valence-corrected chi connectivity index (χ4v) is 2.22. The van der Waals surface area contributed by atoms with Gasteiger partial charge in [-0.25, -0.2) is 4.79 Å². The van der Waals surface area contributed by atoms with E-state index in [1.54, 1.807) is 0 Å². The van der Waals surface area contributed by atoms with Crippen LogP contribution in [-0.2, 0) is 16.1 Å². The molecule has 2 amide bonds. The van der Waals surface area contributed by atoms with Crippen molar-refractivity contribution in [2.45, 2.75) is 38.5 Å². The van der Waals surface area contributed by atoms with Gasteiger partial charge in [-0.05, 0) is 24.8 Å². The molecule has 1 saturated heterocycles. The van der Waals surface area contributed by atoms with Crippen LogP contribution >= 0.6 is 0 Å². The number of benzene rings is 1. The van der Waals surface area contributed by atoms with Crippen LogP contribution in [0, 0.1) is 6.42 Å². The molecule has 0 spiro atoms. The van der Waals surface area contributed by atoms with Gasteiger partial charge in [-0.15, -0.1) is 0 Å². The Balaban J connectivity index is 1.76. The molecule has 5 heteroatoms. The van der Waals surface area contributed by atoms with Gasteiger partial charge in [0.05, 0.1) is 0 Å². The number of alkyl carbamates (subject to hydrolysis) is 1. The maximum absolute atomic E-state index is 11.7. The van der Waals surface area contributed by atoms with E-state index in [1.165, 1.54) is 0 Å². The lowest BCUT2D eigenvalue weighted by atomic mass is 10.1. The summed E-state index contributed by atoms with van der Waals surface area (Å²) in [6.07, 6.45) is 2.85. The van der Waals surface area contributed by atoms with Crippen molar-refractivity contribution in [1.29, 1.82) is 0 Å². The minimum absolute atomic E-state index is 0.104. The molecule has 2 atom stereocenters. The molecule has 2 rings (SSSR count). The van der Waals surface area contributed by atoms with Gasteiger partial charge in [0, 0.05) is 6.04 Å². The van der Waals surface area contributed by atoms with Gasteiger partial charge in [0.15, 0.2) is 0 Å². The fourth-order valence-electron chi connectivity index (χ4n) is 2.22. The van der Waals surface area contributed by atoms with E-state index in [9.17, 15) is 9.59 Å². The van der Waals surface area contributed by atoms with Crippen LogP contribution < -0.4 is 10.6 Å². The second-order valence-corrected chi connectivity index (χ2v) is 4.84. The predicted octanol–water partition coefficient (Wildman–Crippen LogP) is 1.78. The number of carbonyl (C=O) groups is 2. The summed E-state index contributed by atoms with van der Waals surface area (Å²) in [6, 6.07) is 9.03. The second-order valence-electron chi connectivity index (χ2n) is 4.84. The van der Waals surface area contributed by atoms with Crippen molar-refractivity contribution in [1.82, 2.24) is 10.6 Å². The molecule has 1 aromatic rings. The van der Waals surface area contributed by atoms with E-state index < -0.39 is 12.1 Å². The third kappa shape index (κ3) is 3.98. The number of hydrogen-bond donors (Lipinski definition) is 2. The first-order valence-corrected chi connectivity index (χ1v) is 6.74. The zero-order chi connectivity index (χ0) is 14.4. The van der Waals surface area contributed by atoms with Gasteiger partial charge in [-0.2, -0.15) is 0 Å². The summed E-state index contributed by atoms with van der Waals surface area (Å²) in [6.45, 7) is 2.15. The zero-order valence-corrected chi connectivity index (χ0v) is 11.5. The summed E-state index contributed by atoms with van der Waals surface area (Å²) >= 11 is 0. The van der Waals surface area contributed by atoms with Gasteiger partial charge in [0.2, 0.25) is 5.91 Å². The molecule has 2 N–H and O–H groups in total. The first kappa shape index (κ1) is 14.4. The molecule has 1 unspecified atom stereocenters. The Morgan fingerprint density at radius 2 is 2.20 bits per heavy atom. The lowest BCUT2D eigenvalue weighted by molar-refractivity contribution is -0.121. The molecule has 0 aromatic heterocycles. The number of nitrogens with one attached hydrogen (secondary N) is 2. The van der Waals surface area contributed by atoms with Crippen molar-refractivity contribution >= 4 is 12.0 Å². The standard InChI is InChI=1S/C15H19N2O3/c1-2-6-12-9-13(14(18)16-12)17-15(19)20-10-11-7-4-3-5-8-11/h2-5,7-8,12-13H,6,9-10H2,1H3,(H,16,18)(H,17,19)/t12?,13-/m0/s1. The van der Waals surface area contributed by atoms with Crippen LogP contribution in [0.2, 0.25) is 0 Å². The highest BCUT2D eigenvalue weighted by atomic mass is 16.5. The van der Waals surface area contributed by atoms with Crippen LogP contribution in [-0.4, -0.2) is 24.1 Å². The molecule has 0 saturated carbocycles. The Hall–Kier alpha value is -2.04. The Bertz CT molecular complexity index is 461. The molecule has 1 aromatic carbocycles. The smallest absolute Gasteiger partial charge is 0.408 e. The molecular formula is C15H19N2O3. The summed E-state index contributed by atoms with van der Waals surface area (Å²) in [4.78, 5) is 23.3. The summed E-state index contributed by atoms with van der Waals surface area (Å²) in [7, 11) is 0. The summed E-state index contributed by atoms with van der Waals surface area (Å²) < 4.78 is 5.10. The quantitative estimate of drug-likeness (QED) is 0.860.